The van der Waals surface area contributed by atoms with Gasteiger partial charge >= 0.3 is 0 Å². The highest BCUT2D eigenvalue weighted by molar-refractivity contribution is 9.10. The summed E-state index contributed by atoms with van der Waals surface area (Å²) in [4.78, 5) is 12.4. The third kappa shape index (κ3) is 2.40. The summed E-state index contributed by atoms with van der Waals surface area (Å²) in [6.45, 7) is 2.04. The predicted octanol–water partition coefficient (Wildman–Crippen LogP) is 4.77. The smallest absolute Gasteiger partial charge is 0.163 e. The van der Waals surface area contributed by atoms with Crippen LogP contribution in [0.25, 0.3) is 0 Å². The van der Waals surface area contributed by atoms with Crippen molar-refractivity contribution in [1.82, 2.24) is 0 Å². The molecule has 2 aliphatic rings. The second-order valence-corrected chi connectivity index (χ2v) is 7.00. The first-order valence-corrected chi connectivity index (χ1v) is 7.71. The normalized spacial score (nSPS) is 29.8. The summed E-state index contributed by atoms with van der Waals surface area (Å²) >= 11 is 3.47. The quantitative estimate of drug-likeness (QED) is 0.735. The predicted molar refractivity (Wildman–Crippen MR) is 76.8 cm³/mol. The van der Waals surface area contributed by atoms with Crippen LogP contribution in [0, 0.1) is 24.7 Å². The van der Waals surface area contributed by atoms with Gasteiger partial charge in [-0.15, -0.1) is 0 Å². The molecule has 0 spiro atoms. The molecule has 3 unspecified atom stereocenters. The van der Waals surface area contributed by atoms with Gasteiger partial charge in [0.05, 0.1) is 0 Å². The Kier molecular flexibility index (Phi) is 3.31. The largest absolute Gasteiger partial charge is 0.294 e. The molecule has 3 atom stereocenters. The molecule has 0 heterocycles. The zero-order valence-electron chi connectivity index (χ0n) is 10.8. The van der Waals surface area contributed by atoms with E-state index in [1.807, 2.05) is 25.1 Å². The van der Waals surface area contributed by atoms with Gasteiger partial charge in [0.25, 0.3) is 0 Å². The lowest BCUT2D eigenvalue weighted by Gasteiger charge is -2.20. The zero-order valence-corrected chi connectivity index (χ0v) is 12.4. The Balaban J connectivity index is 1.71. The third-order valence-corrected chi connectivity index (χ3v) is 5.15. The molecular weight excluding hydrogens is 288 g/mol. The number of hydrogen-bond acceptors (Lipinski definition) is 1. The molecule has 2 heteroatoms. The molecule has 3 rings (SSSR count). The molecule has 2 saturated carbocycles. The maximum absolute atomic E-state index is 12.4. The van der Waals surface area contributed by atoms with Crippen molar-refractivity contribution in [3.63, 3.8) is 0 Å². The number of carbonyl (C=O) groups is 1. The van der Waals surface area contributed by atoms with E-state index in [4.69, 9.17) is 0 Å². The molecule has 0 aromatic heterocycles. The summed E-state index contributed by atoms with van der Waals surface area (Å²) in [5, 5.41) is 0. The summed E-state index contributed by atoms with van der Waals surface area (Å²) in [6, 6.07) is 6.02. The van der Waals surface area contributed by atoms with E-state index in [2.05, 4.69) is 15.9 Å². The van der Waals surface area contributed by atoms with E-state index in [0.29, 0.717) is 11.7 Å². The molecule has 0 amide bonds. The molecule has 96 valence electrons. The molecule has 0 N–H and O–H groups in total. The maximum Gasteiger partial charge on any atom is 0.163 e. The first kappa shape index (κ1) is 12.4. The van der Waals surface area contributed by atoms with Crippen LogP contribution in [0.5, 0.6) is 0 Å². The number of carbonyl (C=O) groups excluding carboxylic acids is 1. The zero-order chi connectivity index (χ0) is 12.7. The van der Waals surface area contributed by atoms with E-state index in [1.54, 1.807) is 0 Å². The molecule has 0 aliphatic heterocycles. The Bertz CT molecular complexity index is 460. The van der Waals surface area contributed by atoms with Crippen molar-refractivity contribution in [3.8, 4) is 0 Å². The highest BCUT2D eigenvalue weighted by atomic mass is 79.9. The minimum Gasteiger partial charge on any atom is -0.294 e. The Morgan fingerprint density at radius 2 is 2.11 bits per heavy atom. The molecule has 1 nitrogen and oxygen atoms in total. The van der Waals surface area contributed by atoms with Crippen LogP contribution in [0.15, 0.2) is 22.7 Å². The first-order chi connectivity index (χ1) is 8.61. The van der Waals surface area contributed by atoms with Gasteiger partial charge in [-0.1, -0.05) is 22.4 Å². The van der Waals surface area contributed by atoms with Crippen LogP contribution >= 0.6 is 15.9 Å². The summed E-state index contributed by atoms with van der Waals surface area (Å²) in [5.41, 5.74) is 2.03. The number of hydrogen-bond donors (Lipinski definition) is 0. The molecular formula is C16H19BrO. The van der Waals surface area contributed by atoms with Crippen molar-refractivity contribution in [2.45, 2.75) is 39.0 Å². The van der Waals surface area contributed by atoms with Gasteiger partial charge in [-0.2, -0.15) is 0 Å². The first-order valence-electron chi connectivity index (χ1n) is 6.92. The van der Waals surface area contributed by atoms with Crippen molar-refractivity contribution in [2.75, 3.05) is 0 Å². The summed E-state index contributed by atoms with van der Waals surface area (Å²) < 4.78 is 1.01. The minimum atomic E-state index is 0.331. The number of rotatable bonds is 3. The molecule has 0 saturated heterocycles. The van der Waals surface area contributed by atoms with Crippen molar-refractivity contribution < 1.29 is 4.79 Å². The van der Waals surface area contributed by atoms with Gasteiger partial charge in [-0.05, 0) is 67.7 Å². The SMILES string of the molecule is Cc1cc(Br)cc(C(=O)CC2CC3CCC2C3)c1. The Labute approximate surface area is 117 Å². The van der Waals surface area contributed by atoms with Gasteiger partial charge in [0.1, 0.15) is 0 Å². The van der Waals surface area contributed by atoms with Crippen LogP contribution in [0.3, 0.4) is 0 Å². The van der Waals surface area contributed by atoms with Crippen molar-refractivity contribution >= 4 is 21.7 Å². The van der Waals surface area contributed by atoms with E-state index in [-0.39, 0.29) is 0 Å². The fraction of sp³-hybridized carbons (Fsp3) is 0.562. The molecule has 1 aromatic carbocycles. The Morgan fingerprint density at radius 3 is 2.72 bits per heavy atom. The third-order valence-electron chi connectivity index (χ3n) is 4.70. The van der Waals surface area contributed by atoms with Crippen LogP contribution in [-0.4, -0.2) is 5.78 Å². The Morgan fingerprint density at radius 1 is 1.28 bits per heavy atom. The van der Waals surface area contributed by atoms with E-state index in [0.717, 1.165) is 33.9 Å². The number of benzene rings is 1. The minimum absolute atomic E-state index is 0.331. The average molecular weight is 307 g/mol. The number of aryl methyl sites for hydroxylation is 1. The van der Waals surface area contributed by atoms with Crippen molar-refractivity contribution in [2.24, 2.45) is 17.8 Å². The van der Waals surface area contributed by atoms with E-state index >= 15 is 0 Å². The van der Waals surface area contributed by atoms with Crippen molar-refractivity contribution in [3.05, 3.63) is 33.8 Å². The topological polar surface area (TPSA) is 17.1 Å². The molecule has 2 bridgehead atoms. The van der Waals surface area contributed by atoms with Gasteiger partial charge in [-0.3, -0.25) is 4.79 Å². The van der Waals surface area contributed by atoms with Crippen LogP contribution in [0.2, 0.25) is 0 Å². The summed E-state index contributed by atoms with van der Waals surface area (Å²) in [7, 11) is 0. The van der Waals surface area contributed by atoms with Gasteiger partial charge in [0.15, 0.2) is 5.78 Å². The number of Topliss-reactive ketones (excluding diaryl/α,β-unsaturated/α-hetero) is 1. The summed E-state index contributed by atoms with van der Waals surface area (Å²) in [6.07, 6.45) is 6.21. The molecule has 1 aromatic rings. The Hall–Kier alpha value is -0.630. The lowest BCUT2D eigenvalue weighted by atomic mass is 9.84. The second-order valence-electron chi connectivity index (χ2n) is 6.08. The van der Waals surface area contributed by atoms with Gasteiger partial charge in [-0.25, -0.2) is 0 Å². The van der Waals surface area contributed by atoms with Crippen molar-refractivity contribution in [1.29, 1.82) is 0 Å². The molecule has 2 fully saturated rings. The standard InChI is InChI=1S/C16H19BrO/c1-10-4-14(8-15(17)5-10)16(18)9-13-7-11-2-3-12(13)6-11/h4-5,8,11-13H,2-3,6-7,9H2,1H3. The lowest BCUT2D eigenvalue weighted by molar-refractivity contribution is 0.0944. The van der Waals surface area contributed by atoms with Crippen LogP contribution < -0.4 is 0 Å². The average Bonchev–Trinajstić information content (AvgIpc) is 2.89. The van der Waals surface area contributed by atoms with E-state index in [9.17, 15) is 4.79 Å². The van der Waals surface area contributed by atoms with Gasteiger partial charge in [0.2, 0.25) is 0 Å². The summed E-state index contributed by atoms with van der Waals surface area (Å²) in [5.74, 6) is 2.76. The molecule has 0 radical (unpaired) electrons. The van der Waals surface area contributed by atoms with Gasteiger partial charge < -0.3 is 0 Å². The monoisotopic (exact) mass is 306 g/mol. The highest BCUT2D eigenvalue weighted by Gasteiger charge is 2.40. The van der Waals surface area contributed by atoms with E-state index in [1.165, 1.54) is 25.7 Å². The number of fused-ring (bicyclic) bond motifs is 2. The second kappa shape index (κ2) is 4.80. The molecule has 2 aliphatic carbocycles. The lowest BCUT2D eigenvalue weighted by Crippen LogP contribution is -2.15. The number of halogens is 1. The van der Waals surface area contributed by atoms with Crippen LogP contribution in [-0.2, 0) is 0 Å². The molecule has 18 heavy (non-hydrogen) atoms. The van der Waals surface area contributed by atoms with Gasteiger partial charge in [0, 0.05) is 16.5 Å². The van der Waals surface area contributed by atoms with E-state index < -0.39 is 0 Å². The number of ketones is 1. The highest BCUT2D eigenvalue weighted by Crippen LogP contribution is 2.49. The van der Waals surface area contributed by atoms with Crippen LogP contribution in [0.4, 0.5) is 0 Å². The maximum atomic E-state index is 12.4. The van der Waals surface area contributed by atoms with Crippen LogP contribution in [0.1, 0.15) is 48.0 Å². The fourth-order valence-electron chi connectivity index (χ4n) is 3.88. The fourth-order valence-corrected chi connectivity index (χ4v) is 4.49.